The summed E-state index contributed by atoms with van der Waals surface area (Å²) in [5.41, 5.74) is 1.08. The molecule has 0 amide bonds. The van der Waals surface area contributed by atoms with Crippen LogP contribution in [-0.4, -0.2) is 31.9 Å². The molecule has 2 rings (SSSR count). The van der Waals surface area contributed by atoms with Crippen molar-refractivity contribution in [2.45, 2.75) is 6.04 Å². The lowest BCUT2D eigenvalue weighted by Gasteiger charge is -2.25. The van der Waals surface area contributed by atoms with E-state index < -0.39 is 0 Å². The number of rotatable bonds is 2. The molecule has 1 atom stereocenters. The van der Waals surface area contributed by atoms with E-state index in [1.165, 1.54) is 0 Å². The predicted molar refractivity (Wildman–Crippen MR) is 65.5 cm³/mol. The van der Waals surface area contributed by atoms with E-state index in [1.54, 1.807) is 19.2 Å². The number of nitrogens with one attached hydrogen (secondary N) is 2. The second-order valence-electron chi connectivity index (χ2n) is 3.64. The van der Waals surface area contributed by atoms with Gasteiger partial charge in [0.25, 0.3) is 0 Å². The van der Waals surface area contributed by atoms with Gasteiger partial charge in [-0.05, 0) is 17.7 Å². The molecule has 0 aromatic heterocycles. The van der Waals surface area contributed by atoms with Crippen LogP contribution in [0.2, 0.25) is 0 Å². The zero-order chi connectivity index (χ0) is 10.7. The fourth-order valence-electron chi connectivity index (χ4n) is 1.81. The van der Waals surface area contributed by atoms with Gasteiger partial charge in [-0.1, -0.05) is 6.07 Å². The maximum Gasteiger partial charge on any atom is 0.160 e. The van der Waals surface area contributed by atoms with Crippen molar-refractivity contribution < 1.29 is 9.84 Å². The molecule has 1 aromatic carbocycles. The van der Waals surface area contributed by atoms with Crippen LogP contribution in [0.3, 0.4) is 0 Å². The Kier molecular flexibility index (Phi) is 4.86. The Morgan fingerprint density at radius 2 is 2.19 bits per heavy atom. The van der Waals surface area contributed by atoms with Crippen LogP contribution in [0.4, 0.5) is 0 Å². The van der Waals surface area contributed by atoms with Gasteiger partial charge in [-0.25, -0.2) is 0 Å². The second kappa shape index (κ2) is 5.94. The molecule has 0 saturated carbocycles. The zero-order valence-corrected chi connectivity index (χ0v) is 10.0. The van der Waals surface area contributed by atoms with Gasteiger partial charge in [0.2, 0.25) is 0 Å². The van der Waals surface area contributed by atoms with Crippen molar-refractivity contribution in [1.82, 2.24) is 10.6 Å². The molecule has 1 fully saturated rings. The number of halogens is 1. The molecule has 0 aliphatic carbocycles. The minimum Gasteiger partial charge on any atom is -0.504 e. The third kappa shape index (κ3) is 2.78. The van der Waals surface area contributed by atoms with Crippen LogP contribution < -0.4 is 15.4 Å². The summed E-state index contributed by atoms with van der Waals surface area (Å²) >= 11 is 0. The van der Waals surface area contributed by atoms with Crippen LogP contribution in [0.25, 0.3) is 0 Å². The molecular formula is C11H17ClN2O2. The SMILES string of the molecule is COc1ccc([C@H]2CNCCN2)cc1O.Cl. The topological polar surface area (TPSA) is 53.5 Å². The van der Waals surface area contributed by atoms with Crippen molar-refractivity contribution in [3.05, 3.63) is 23.8 Å². The largest absolute Gasteiger partial charge is 0.504 e. The lowest BCUT2D eigenvalue weighted by molar-refractivity contribution is 0.371. The minimum atomic E-state index is 0. The number of phenols is 1. The van der Waals surface area contributed by atoms with Gasteiger partial charge >= 0.3 is 0 Å². The first-order chi connectivity index (χ1) is 7.31. The van der Waals surface area contributed by atoms with Gasteiger partial charge in [0.15, 0.2) is 11.5 Å². The highest BCUT2D eigenvalue weighted by Crippen LogP contribution is 2.28. The Morgan fingerprint density at radius 3 is 2.75 bits per heavy atom. The van der Waals surface area contributed by atoms with Crippen molar-refractivity contribution in [2.75, 3.05) is 26.7 Å². The average Bonchev–Trinajstić information content (AvgIpc) is 2.30. The number of piperazine rings is 1. The maximum atomic E-state index is 9.65. The standard InChI is InChI=1S/C11H16N2O2.ClH/c1-15-11-3-2-8(6-10(11)14)9-7-12-4-5-13-9;/h2-3,6,9,12-14H,4-5,7H2,1H3;1H/t9-;/m1./s1. The minimum absolute atomic E-state index is 0. The van der Waals surface area contributed by atoms with E-state index in [0.717, 1.165) is 25.2 Å². The van der Waals surface area contributed by atoms with Crippen molar-refractivity contribution in [1.29, 1.82) is 0 Å². The van der Waals surface area contributed by atoms with Crippen LogP contribution in [-0.2, 0) is 0 Å². The Bertz CT molecular complexity index is 341. The lowest BCUT2D eigenvalue weighted by atomic mass is 10.0. The molecule has 1 heterocycles. The summed E-state index contributed by atoms with van der Waals surface area (Å²) in [6.45, 7) is 2.85. The van der Waals surface area contributed by atoms with E-state index in [0.29, 0.717) is 5.75 Å². The molecule has 0 unspecified atom stereocenters. The highest BCUT2D eigenvalue weighted by molar-refractivity contribution is 5.85. The number of hydrogen-bond donors (Lipinski definition) is 3. The monoisotopic (exact) mass is 244 g/mol. The Balaban J connectivity index is 0.00000128. The van der Waals surface area contributed by atoms with E-state index in [9.17, 15) is 5.11 Å². The van der Waals surface area contributed by atoms with Crippen molar-refractivity contribution >= 4 is 12.4 Å². The molecule has 16 heavy (non-hydrogen) atoms. The highest BCUT2D eigenvalue weighted by atomic mass is 35.5. The van der Waals surface area contributed by atoms with Gasteiger partial charge in [-0.15, -0.1) is 12.4 Å². The number of hydrogen-bond acceptors (Lipinski definition) is 4. The van der Waals surface area contributed by atoms with E-state index >= 15 is 0 Å². The van der Waals surface area contributed by atoms with Crippen LogP contribution in [0.5, 0.6) is 11.5 Å². The molecule has 0 spiro atoms. The fourth-order valence-corrected chi connectivity index (χ4v) is 1.81. The predicted octanol–water partition coefficient (Wildman–Crippen LogP) is 1.06. The zero-order valence-electron chi connectivity index (χ0n) is 9.19. The van der Waals surface area contributed by atoms with Crippen LogP contribution in [0.15, 0.2) is 18.2 Å². The summed E-state index contributed by atoms with van der Waals surface area (Å²) < 4.78 is 5.00. The summed E-state index contributed by atoms with van der Waals surface area (Å²) in [6.07, 6.45) is 0. The number of aromatic hydroxyl groups is 1. The van der Waals surface area contributed by atoms with Crippen molar-refractivity contribution in [2.24, 2.45) is 0 Å². The third-order valence-corrected chi connectivity index (χ3v) is 2.65. The fraction of sp³-hybridized carbons (Fsp3) is 0.455. The molecule has 1 aliphatic rings. The Hall–Kier alpha value is -0.970. The highest BCUT2D eigenvalue weighted by Gasteiger charge is 2.15. The van der Waals surface area contributed by atoms with Gasteiger partial charge < -0.3 is 20.5 Å². The number of benzene rings is 1. The summed E-state index contributed by atoms with van der Waals surface area (Å²) in [4.78, 5) is 0. The summed E-state index contributed by atoms with van der Waals surface area (Å²) in [7, 11) is 1.55. The van der Waals surface area contributed by atoms with E-state index in [4.69, 9.17) is 4.74 Å². The first-order valence-corrected chi connectivity index (χ1v) is 5.12. The molecule has 3 N–H and O–H groups in total. The normalized spacial score (nSPS) is 19.9. The molecule has 1 aromatic rings. The van der Waals surface area contributed by atoms with Crippen molar-refractivity contribution in [3.63, 3.8) is 0 Å². The first kappa shape index (κ1) is 13.1. The number of ether oxygens (including phenoxy) is 1. The van der Waals surface area contributed by atoms with Crippen LogP contribution in [0.1, 0.15) is 11.6 Å². The van der Waals surface area contributed by atoms with Crippen LogP contribution >= 0.6 is 12.4 Å². The molecule has 90 valence electrons. The van der Waals surface area contributed by atoms with Gasteiger partial charge in [0.1, 0.15) is 0 Å². The molecule has 5 heteroatoms. The van der Waals surface area contributed by atoms with Crippen molar-refractivity contribution in [3.8, 4) is 11.5 Å². The molecule has 1 aliphatic heterocycles. The van der Waals surface area contributed by atoms with Crippen LogP contribution in [0, 0.1) is 0 Å². The van der Waals surface area contributed by atoms with E-state index in [-0.39, 0.29) is 24.2 Å². The van der Waals surface area contributed by atoms with Gasteiger partial charge in [0.05, 0.1) is 7.11 Å². The summed E-state index contributed by atoms with van der Waals surface area (Å²) in [6, 6.07) is 5.80. The number of methoxy groups -OCH3 is 1. The smallest absolute Gasteiger partial charge is 0.160 e. The lowest BCUT2D eigenvalue weighted by Crippen LogP contribution is -2.42. The molecule has 0 bridgehead atoms. The molecule has 1 saturated heterocycles. The Morgan fingerprint density at radius 1 is 1.38 bits per heavy atom. The summed E-state index contributed by atoms with van der Waals surface area (Å²) in [5.74, 6) is 0.713. The molecular weight excluding hydrogens is 228 g/mol. The first-order valence-electron chi connectivity index (χ1n) is 5.12. The average molecular weight is 245 g/mol. The molecule has 0 radical (unpaired) electrons. The Labute approximate surface area is 101 Å². The summed E-state index contributed by atoms with van der Waals surface area (Å²) in [5, 5.41) is 16.3. The van der Waals surface area contributed by atoms with Gasteiger partial charge in [-0.2, -0.15) is 0 Å². The maximum absolute atomic E-state index is 9.65. The molecule has 4 nitrogen and oxygen atoms in total. The third-order valence-electron chi connectivity index (χ3n) is 2.65. The van der Waals surface area contributed by atoms with Gasteiger partial charge in [0, 0.05) is 25.7 Å². The van der Waals surface area contributed by atoms with E-state index in [2.05, 4.69) is 10.6 Å². The second-order valence-corrected chi connectivity index (χ2v) is 3.64. The number of phenolic OH excluding ortho intramolecular Hbond substituents is 1. The van der Waals surface area contributed by atoms with Gasteiger partial charge in [-0.3, -0.25) is 0 Å². The van der Waals surface area contributed by atoms with E-state index in [1.807, 2.05) is 6.07 Å². The quantitative estimate of drug-likeness (QED) is 0.728.